The summed E-state index contributed by atoms with van der Waals surface area (Å²) in [7, 11) is -3.45. The number of carbonyl (C=O) groups is 1. The Kier molecular flexibility index (Phi) is 6.13. The van der Waals surface area contributed by atoms with Crippen molar-refractivity contribution in [3.63, 3.8) is 0 Å². The molecule has 4 rings (SSSR count). The lowest BCUT2D eigenvalue weighted by molar-refractivity contribution is -0.119. The van der Waals surface area contributed by atoms with Gasteiger partial charge in [-0.3, -0.25) is 4.79 Å². The van der Waals surface area contributed by atoms with Crippen LogP contribution in [0.25, 0.3) is 5.76 Å². The van der Waals surface area contributed by atoms with E-state index >= 15 is 0 Å². The number of sulfone groups is 1. The Morgan fingerprint density at radius 3 is 2.52 bits per heavy atom. The number of amides is 1. The molecule has 1 amide bonds. The lowest BCUT2D eigenvalue weighted by Crippen LogP contribution is -2.29. The molecule has 0 spiro atoms. The molecule has 0 bridgehead atoms. The Labute approximate surface area is 182 Å². The fourth-order valence-corrected chi connectivity index (χ4v) is 6.02. The highest BCUT2D eigenvalue weighted by atomic mass is 32.2. The largest absolute Gasteiger partial charge is 0.508 e. The second-order valence-corrected chi connectivity index (χ2v) is 10.7. The van der Waals surface area contributed by atoms with Crippen LogP contribution in [0.2, 0.25) is 0 Å². The number of pyridine rings is 1. The molecule has 2 aromatic heterocycles. The van der Waals surface area contributed by atoms with Crippen LogP contribution in [-0.4, -0.2) is 39.2 Å². The van der Waals surface area contributed by atoms with Crippen LogP contribution in [0.5, 0.6) is 0 Å². The van der Waals surface area contributed by atoms with E-state index in [4.69, 9.17) is 0 Å². The number of anilines is 1. The van der Waals surface area contributed by atoms with E-state index in [0.29, 0.717) is 36.6 Å². The van der Waals surface area contributed by atoms with Crippen LogP contribution in [-0.2, 0) is 14.6 Å². The molecule has 0 aromatic carbocycles. The molecule has 0 radical (unpaired) electrons. The fourth-order valence-electron chi connectivity index (χ4n) is 4.26. The normalized spacial score (nSPS) is 18.5. The number of imidazole rings is 1. The Bertz CT molecular complexity index is 1050. The Balaban J connectivity index is 1.55. The average Bonchev–Trinajstić information content (AvgIpc) is 3.37. The van der Waals surface area contributed by atoms with Crippen LogP contribution in [0, 0.1) is 5.92 Å². The molecule has 9 heteroatoms. The second kappa shape index (κ2) is 8.82. The monoisotopic (exact) mass is 444 g/mol. The molecule has 8 nitrogen and oxygen atoms in total. The number of carbonyl (C=O) groups excluding carboxylic acids is 1. The van der Waals surface area contributed by atoms with Gasteiger partial charge >= 0.3 is 0 Å². The van der Waals surface area contributed by atoms with Gasteiger partial charge in [-0.2, -0.15) is 0 Å². The van der Waals surface area contributed by atoms with Gasteiger partial charge in [0.15, 0.2) is 14.9 Å². The lowest BCUT2D eigenvalue weighted by Gasteiger charge is -2.24. The quantitative estimate of drug-likeness (QED) is 0.597. The zero-order valence-electron chi connectivity index (χ0n) is 17.4. The molecule has 0 aliphatic heterocycles. The van der Waals surface area contributed by atoms with E-state index in [2.05, 4.69) is 21.9 Å². The summed E-state index contributed by atoms with van der Waals surface area (Å²) in [6.45, 7) is 3.45. The number of hydrogen-bond acceptors (Lipinski definition) is 6. The molecule has 2 aromatic rings. The fraction of sp³-hybridized carbons (Fsp3) is 0.500. The van der Waals surface area contributed by atoms with Crippen molar-refractivity contribution in [2.24, 2.45) is 5.92 Å². The molecule has 2 aliphatic carbocycles. The maximum absolute atomic E-state index is 13.2. The average molecular weight is 445 g/mol. The number of aliphatic hydroxyl groups excluding tert-OH is 1. The summed E-state index contributed by atoms with van der Waals surface area (Å²) in [5, 5.41) is 11.9. The molecule has 2 fully saturated rings. The molecule has 0 unspecified atom stereocenters. The number of rotatable bonds is 8. The summed E-state index contributed by atoms with van der Waals surface area (Å²) in [5.74, 6) is 0.412. The number of aromatic nitrogens is 3. The zero-order chi connectivity index (χ0) is 22.0. The Morgan fingerprint density at radius 1 is 1.19 bits per heavy atom. The number of aliphatic hydroxyl groups is 1. The predicted octanol–water partition coefficient (Wildman–Crippen LogP) is 3.89. The van der Waals surface area contributed by atoms with Gasteiger partial charge in [-0.25, -0.2) is 18.4 Å². The topological polar surface area (TPSA) is 114 Å². The van der Waals surface area contributed by atoms with Crippen molar-refractivity contribution in [2.45, 2.75) is 67.7 Å². The van der Waals surface area contributed by atoms with E-state index in [1.54, 1.807) is 16.7 Å². The summed E-state index contributed by atoms with van der Waals surface area (Å²) < 4.78 is 27.1. The second-order valence-electron chi connectivity index (χ2n) is 8.53. The summed E-state index contributed by atoms with van der Waals surface area (Å²) >= 11 is 0. The van der Waals surface area contributed by atoms with Gasteiger partial charge in [-0.05, 0) is 37.3 Å². The van der Waals surface area contributed by atoms with Crippen molar-refractivity contribution >= 4 is 27.3 Å². The van der Waals surface area contributed by atoms with Crippen molar-refractivity contribution in [1.29, 1.82) is 0 Å². The molecular formula is C22H28N4O4S. The lowest BCUT2D eigenvalue weighted by atomic mass is 9.97. The molecule has 31 heavy (non-hydrogen) atoms. The summed E-state index contributed by atoms with van der Waals surface area (Å²) in [4.78, 5) is 21.5. The minimum absolute atomic E-state index is 0.0466. The van der Waals surface area contributed by atoms with Crippen molar-refractivity contribution in [1.82, 2.24) is 14.5 Å². The van der Waals surface area contributed by atoms with Crippen molar-refractivity contribution in [3.8, 4) is 0 Å². The van der Waals surface area contributed by atoms with Crippen LogP contribution in [0.4, 0.5) is 5.82 Å². The third kappa shape index (κ3) is 4.66. The van der Waals surface area contributed by atoms with Crippen LogP contribution in [0.15, 0.2) is 42.5 Å². The van der Waals surface area contributed by atoms with Crippen molar-refractivity contribution < 1.29 is 18.3 Å². The van der Waals surface area contributed by atoms with E-state index in [9.17, 15) is 18.3 Å². The van der Waals surface area contributed by atoms with Gasteiger partial charge in [0.1, 0.15) is 17.6 Å². The first-order valence-corrected chi connectivity index (χ1v) is 12.3. The van der Waals surface area contributed by atoms with Crippen LogP contribution in [0.3, 0.4) is 0 Å². The minimum Gasteiger partial charge on any atom is -0.508 e. The highest BCUT2D eigenvalue weighted by molar-refractivity contribution is 7.92. The van der Waals surface area contributed by atoms with Crippen molar-refractivity contribution in [3.05, 3.63) is 43.0 Å². The van der Waals surface area contributed by atoms with E-state index in [-0.39, 0.29) is 21.9 Å². The van der Waals surface area contributed by atoms with E-state index < -0.39 is 15.9 Å². The van der Waals surface area contributed by atoms with Gasteiger partial charge in [-0.15, -0.1) is 0 Å². The van der Waals surface area contributed by atoms with Gasteiger partial charge < -0.3 is 15.0 Å². The zero-order valence-corrected chi connectivity index (χ0v) is 18.2. The van der Waals surface area contributed by atoms with Gasteiger partial charge in [0, 0.05) is 18.0 Å². The van der Waals surface area contributed by atoms with Gasteiger partial charge in [0.25, 0.3) is 0 Å². The van der Waals surface area contributed by atoms with Crippen molar-refractivity contribution in [2.75, 3.05) is 5.32 Å². The number of nitrogens with zero attached hydrogens (tertiary/aromatic N) is 3. The van der Waals surface area contributed by atoms with Crippen LogP contribution < -0.4 is 5.32 Å². The van der Waals surface area contributed by atoms with E-state index in [1.165, 1.54) is 18.7 Å². The summed E-state index contributed by atoms with van der Waals surface area (Å²) in [6.07, 6.45) is 11.7. The smallest absolute Gasteiger partial charge is 0.248 e. The molecule has 2 aliphatic rings. The summed E-state index contributed by atoms with van der Waals surface area (Å²) in [5.41, 5.74) is 0.473. The van der Waals surface area contributed by atoms with Crippen LogP contribution >= 0.6 is 0 Å². The first-order chi connectivity index (χ1) is 14.8. The molecule has 2 N–H and O–H groups in total. The highest BCUT2D eigenvalue weighted by Crippen LogP contribution is 2.34. The first-order valence-electron chi connectivity index (χ1n) is 10.8. The van der Waals surface area contributed by atoms with E-state index in [0.717, 1.165) is 32.1 Å². The van der Waals surface area contributed by atoms with Crippen LogP contribution in [0.1, 0.15) is 63.0 Å². The molecule has 1 atom stereocenters. The van der Waals surface area contributed by atoms with Gasteiger partial charge in [0.05, 0.1) is 11.6 Å². The molecular weight excluding hydrogens is 416 g/mol. The molecule has 166 valence electrons. The molecule has 2 heterocycles. The maximum Gasteiger partial charge on any atom is 0.248 e. The number of nitrogens with one attached hydrogen (secondary N) is 1. The Morgan fingerprint density at radius 2 is 1.94 bits per heavy atom. The third-order valence-electron chi connectivity index (χ3n) is 6.40. The van der Waals surface area contributed by atoms with E-state index in [1.807, 2.05) is 0 Å². The van der Waals surface area contributed by atoms with Gasteiger partial charge in [0.2, 0.25) is 5.91 Å². The first kappa shape index (κ1) is 21.5. The summed E-state index contributed by atoms with van der Waals surface area (Å²) in [6, 6.07) is 2.65. The molecule has 0 saturated heterocycles. The standard InChI is InChI=1S/C22H28N4O4S/c1-15(27)17-9-10-20(23-12-17)25-22(28)19(11-16-5-2-3-6-16)26-13-21(24-14-26)31(29,30)18-7-4-8-18/h9-10,12-14,16,18-19,27H,1-8,11H2,(H,23,25,28)/t19-/m0/s1. The minimum atomic E-state index is -3.45. The highest BCUT2D eigenvalue weighted by Gasteiger charge is 2.35. The molecule has 2 saturated carbocycles. The third-order valence-corrected chi connectivity index (χ3v) is 8.55. The SMILES string of the molecule is C=C(O)c1ccc(NC(=O)[C@H](CC2CCCC2)n2cnc(S(=O)(=O)C3CCC3)c2)nc1. The number of hydrogen-bond donors (Lipinski definition) is 2. The van der Waals surface area contributed by atoms with Gasteiger partial charge in [-0.1, -0.05) is 38.7 Å². The predicted molar refractivity (Wildman–Crippen MR) is 117 cm³/mol. The Hall–Kier alpha value is -2.68. The maximum atomic E-state index is 13.2.